The third kappa shape index (κ3) is 4.63. The third-order valence-electron chi connectivity index (χ3n) is 2.21. The maximum Gasteiger partial charge on any atom is 0.306 e. The minimum atomic E-state index is -1.39. The first kappa shape index (κ1) is 13.8. The molecule has 17 heavy (non-hydrogen) atoms. The van der Waals surface area contributed by atoms with Crippen LogP contribution in [-0.4, -0.2) is 28.4 Å². The van der Waals surface area contributed by atoms with Crippen LogP contribution in [0.25, 0.3) is 0 Å². The molecule has 0 radical (unpaired) electrons. The Balaban J connectivity index is 2.60. The highest BCUT2D eigenvalue weighted by molar-refractivity contribution is 6.31. The average molecular weight is 259 g/mol. The van der Waals surface area contributed by atoms with Crippen LogP contribution >= 0.6 is 11.6 Å². The first-order chi connectivity index (χ1) is 7.80. The molecule has 0 saturated carbocycles. The van der Waals surface area contributed by atoms with E-state index in [9.17, 15) is 9.90 Å². The minimum absolute atomic E-state index is 0.0830. The van der Waals surface area contributed by atoms with Crippen molar-refractivity contribution in [1.29, 1.82) is 0 Å². The summed E-state index contributed by atoms with van der Waals surface area (Å²) in [6.45, 7) is 3.18. The van der Waals surface area contributed by atoms with Crippen LogP contribution in [-0.2, 0) is 4.79 Å². The summed E-state index contributed by atoms with van der Waals surface area (Å²) in [5.41, 5.74) is -0.527. The second-order valence-corrected chi connectivity index (χ2v) is 4.67. The lowest BCUT2D eigenvalue weighted by Gasteiger charge is -2.21. The molecule has 0 aliphatic heterocycles. The monoisotopic (exact) mass is 258 g/mol. The molecule has 0 spiro atoms. The predicted octanol–water partition coefficient (Wildman–Crippen LogP) is 2.25. The summed E-state index contributed by atoms with van der Waals surface area (Å²) >= 11 is 5.86. The topological polar surface area (TPSA) is 66.8 Å². The van der Waals surface area contributed by atoms with Gasteiger partial charge in [-0.3, -0.25) is 4.79 Å². The van der Waals surface area contributed by atoms with Crippen molar-refractivity contribution in [3.05, 3.63) is 28.8 Å². The smallest absolute Gasteiger partial charge is 0.306 e. The van der Waals surface area contributed by atoms with E-state index >= 15 is 0 Å². The van der Waals surface area contributed by atoms with Gasteiger partial charge in [-0.1, -0.05) is 11.6 Å². The van der Waals surface area contributed by atoms with Crippen molar-refractivity contribution in [3.8, 4) is 5.75 Å². The third-order valence-corrected chi connectivity index (χ3v) is 2.64. The van der Waals surface area contributed by atoms with Gasteiger partial charge in [-0.05, 0) is 37.6 Å². The van der Waals surface area contributed by atoms with E-state index in [2.05, 4.69) is 0 Å². The highest BCUT2D eigenvalue weighted by Gasteiger charge is 2.25. The van der Waals surface area contributed by atoms with E-state index in [0.717, 1.165) is 5.56 Å². The molecule has 0 saturated heterocycles. The van der Waals surface area contributed by atoms with Gasteiger partial charge in [0.25, 0.3) is 0 Å². The molecule has 1 aromatic rings. The van der Waals surface area contributed by atoms with Crippen LogP contribution in [0.5, 0.6) is 5.75 Å². The summed E-state index contributed by atoms with van der Waals surface area (Å²) in [7, 11) is 0. The van der Waals surface area contributed by atoms with Crippen molar-refractivity contribution in [2.24, 2.45) is 0 Å². The molecule has 2 N–H and O–H groups in total. The number of ether oxygens (including phenoxy) is 1. The van der Waals surface area contributed by atoms with E-state index in [0.29, 0.717) is 10.8 Å². The molecule has 0 aliphatic rings. The van der Waals surface area contributed by atoms with E-state index < -0.39 is 11.6 Å². The number of hydrogen-bond donors (Lipinski definition) is 2. The quantitative estimate of drug-likeness (QED) is 0.850. The molecule has 0 fully saturated rings. The van der Waals surface area contributed by atoms with Crippen LogP contribution in [0.1, 0.15) is 18.9 Å². The molecule has 94 valence electrons. The van der Waals surface area contributed by atoms with Gasteiger partial charge >= 0.3 is 5.97 Å². The van der Waals surface area contributed by atoms with E-state index in [1.807, 2.05) is 6.92 Å². The summed E-state index contributed by atoms with van der Waals surface area (Å²) in [4.78, 5) is 10.5. The Labute approximate surface area is 105 Å². The number of aliphatic hydroxyl groups is 1. The maximum absolute atomic E-state index is 10.5. The molecule has 0 heterocycles. The summed E-state index contributed by atoms with van der Waals surface area (Å²) < 4.78 is 5.34. The molecule has 0 aromatic heterocycles. The minimum Gasteiger partial charge on any atom is -0.491 e. The molecule has 1 rings (SSSR count). The van der Waals surface area contributed by atoms with Gasteiger partial charge in [0.05, 0.1) is 6.42 Å². The van der Waals surface area contributed by atoms with E-state index in [1.165, 1.54) is 6.92 Å². The summed E-state index contributed by atoms with van der Waals surface area (Å²) in [5.74, 6) is -0.511. The normalized spacial score (nSPS) is 14.1. The van der Waals surface area contributed by atoms with Gasteiger partial charge in [0.15, 0.2) is 0 Å². The van der Waals surface area contributed by atoms with Crippen molar-refractivity contribution in [3.63, 3.8) is 0 Å². The largest absolute Gasteiger partial charge is 0.491 e. The molecule has 1 unspecified atom stereocenters. The number of halogens is 1. The molecule has 1 aromatic carbocycles. The fourth-order valence-corrected chi connectivity index (χ4v) is 1.44. The van der Waals surface area contributed by atoms with Gasteiger partial charge < -0.3 is 14.9 Å². The zero-order valence-corrected chi connectivity index (χ0v) is 10.5. The summed E-state index contributed by atoms with van der Waals surface area (Å²) in [6, 6.07) is 5.10. The van der Waals surface area contributed by atoms with Gasteiger partial charge in [-0.15, -0.1) is 0 Å². The van der Waals surface area contributed by atoms with E-state index in [-0.39, 0.29) is 13.0 Å². The molecule has 0 aliphatic carbocycles. The average Bonchev–Trinajstić information content (AvgIpc) is 2.18. The van der Waals surface area contributed by atoms with Crippen molar-refractivity contribution < 1.29 is 19.7 Å². The van der Waals surface area contributed by atoms with Crippen molar-refractivity contribution >= 4 is 17.6 Å². The first-order valence-electron chi connectivity index (χ1n) is 5.13. The Morgan fingerprint density at radius 2 is 2.18 bits per heavy atom. The van der Waals surface area contributed by atoms with E-state index in [4.69, 9.17) is 21.4 Å². The van der Waals surface area contributed by atoms with Crippen molar-refractivity contribution in [2.75, 3.05) is 6.61 Å². The predicted molar refractivity (Wildman–Crippen MR) is 64.6 cm³/mol. The van der Waals surface area contributed by atoms with Crippen LogP contribution in [0.3, 0.4) is 0 Å². The first-order valence-corrected chi connectivity index (χ1v) is 5.51. The van der Waals surface area contributed by atoms with Crippen LogP contribution in [0.15, 0.2) is 18.2 Å². The molecule has 1 atom stereocenters. The molecule has 5 heteroatoms. The van der Waals surface area contributed by atoms with Crippen molar-refractivity contribution in [1.82, 2.24) is 0 Å². The van der Waals surface area contributed by atoms with Crippen LogP contribution in [0.2, 0.25) is 5.02 Å². The Morgan fingerprint density at radius 1 is 1.53 bits per heavy atom. The number of aliphatic carboxylic acids is 1. The summed E-state index contributed by atoms with van der Waals surface area (Å²) in [5, 5.41) is 19.0. The van der Waals surface area contributed by atoms with Gasteiger partial charge in [0, 0.05) is 5.02 Å². The Bertz CT molecular complexity index is 415. The van der Waals surface area contributed by atoms with Gasteiger partial charge in [-0.2, -0.15) is 0 Å². The zero-order valence-electron chi connectivity index (χ0n) is 9.74. The SMILES string of the molecule is Cc1cc(OCC(C)(O)CC(=O)O)ccc1Cl. The second-order valence-electron chi connectivity index (χ2n) is 4.27. The second kappa shape index (κ2) is 5.38. The molecule has 0 amide bonds. The fraction of sp³-hybridized carbons (Fsp3) is 0.417. The highest BCUT2D eigenvalue weighted by atomic mass is 35.5. The van der Waals surface area contributed by atoms with Crippen molar-refractivity contribution in [2.45, 2.75) is 25.9 Å². The highest BCUT2D eigenvalue weighted by Crippen LogP contribution is 2.22. The zero-order chi connectivity index (χ0) is 13.1. The number of carboxylic acids is 1. The van der Waals surface area contributed by atoms with E-state index in [1.54, 1.807) is 18.2 Å². The number of carbonyl (C=O) groups is 1. The number of aryl methyl sites for hydroxylation is 1. The Morgan fingerprint density at radius 3 is 2.71 bits per heavy atom. The number of carboxylic acid groups (broad SMARTS) is 1. The molecular weight excluding hydrogens is 244 g/mol. The standard InChI is InChI=1S/C12H15ClO4/c1-8-5-9(3-4-10(8)13)17-7-12(2,16)6-11(14)15/h3-5,16H,6-7H2,1-2H3,(H,14,15). The molecule has 0 bridgehead atoms. The number of hydrogen-bond acceptors (Lipinski definition) is 3. The molecular formula is C12H15ClO4. The maximum atomic E-state index is 10.5. The molecule has 4 nitrogen and oxygen atoms in total. The number of rotatable bonds is 5. The number of benzene rings is 1. The lowest BCUT2D eigenvalue weighted by molar-refractivity contribution is -0.143. The lowest BCUT2D eigenvalue weighted by atomic mass is 10.0. The fourth-order valence-electron chi connectivity index (χ4n) is 1.32. The lowest BCUT2D eigenvalue weighted by Crippen LogP contribution is -2.34. The van der Waals surface area contributed by atoms with Crippen LogP contribution in [0.4, 0.5) is 0 Å². The van der Waals surface area contributed by atoms with Gasteiger partial charge in [0.1, 0.15) is 18.0 Å². The Hall–Kier alpha value is -1.26. The Kier molecular flexibility index (Phi) is 4.37. The van der Waals surface area contributed by atoms with Gasteiger partial charge in [0.2, 0.25) is 0 Å². The van der Waals surface area contributed by atoms with Crippen LogP contribution in [0, 0.1) is 6.92 Å². The van der Waals surface area contributed by atoms with Gasteiger partial charge in [-0.25, -0.2) is 0 Å². The summed E-state index contributed by atoms with van der Waals surface area (Å²) in [6.07, 6.45) is -0.362. The van der Waals surface area contributed by atoms with Crippen LogP contribution < -0.4 is 4.74 Å².